The van der Waals surface area contributed by atoms with E-state index in [2.05, 4.69) is 4.98 Å². The third-order valence-electron chi connectivity index (χ3n) is 5.94. The van der Waals surface area contributed by atoms with Crippen molar-refractivity contribution >= 4 is 17.4 Å². The minimum atomic E-state index is -0.759. The van der Waals surface area contributed by atoms with E-state index >= 15 is 0 Å². The van der Waals surface area contributed by atoms with Crippen LogP contribution in [0.3, 0.4) is 0 Å². The summed E-state index contributed by atoms with van der Waals surface area (Å²) < 4.78 is 11.3. The van der Waals surface area contributed by atoms with E-state index in [0.717, 1.165) is 16.7 Å². The van der Waals surface area contributed by atoms with E-state index in [1.165, 1.54) is 4.90 Å². The molecule has 1 fully saturated rings. The van der Waals surface area contributed by atoms with Crippen LogP contribution < -0.4 is 9.47 Å². The molecule has 35 heavy (non-hydrogen) atoms. The van der Waals surface area contributed by atoms with Crippen LogP contribution in [0.1, 0.15) is 42.1 Å². The fourth-order valence-corrected chi connectivity index (χ4v) is 4.32. The van der Waals surface area contributed by atoms with Crippen LogP contribution in [0.5, 0.6) is 11.5 Å². The largest absolute Gasteiger partial charge is 0.507 e. The predicted octanol–water partition coefficient (Wildman–Crippen LogP) is 4.81. The van der Waals surface area contributed by atoms with Crippen LogP contribution in [0.4, 0.5) is 0 Å². The Labute approximate surface area is 204 Å². The molecule has 0 radical (unpaired) electrons. The summed E-state index contributed by atoms with van der Waals surface area (Å²) in [6.07, 6.45) is 3.28. The van der Waals surface area contributed by atoms with Gasteiger partial charge in [0.05, 0.1) is 30.4 Å². The Morgan fingerprint density at radius 2 is 1.71 bits per heavy atom. The predicted molar refractivity (Wildman–Crippen MR) is 132 cm³/mol. The lowest BCUT2D eigenvalue weighted by Crippen LogP contribution is -2.29. The van der Waals surface area contributed by atoms with Crippen LogP contribution in [0, 0.1) is 6.92 Å². The number of aliphatic hydroxyl groups excluding tert-OH is 1. The standard InChI is InChI=1S/C28H28N2O5/c1-4-34-20-10-11-22(23(16-20)35-5-2)26(31)24-25(21-9-7-6-8-18(21)3)30(28(33)27(24)32)17-19-12-14-29-15-13-19/h6-16,25,31H,4-5,17H2,1-3H3/b26-24+. The number of pyridine rings is 1. The third-order valence-corrected chi connectivity index (χ3v) is 5.94. The number of aromatic nitrogens is 1. The molecule has 4 rings (SSSR count). The Kier molecular flexibility index (Phi) is 7.15. The zero-order valence-electron chi connectivity index (χ0n) is 20.0. The minimum absolute atomic E-state index is 0.0310. The van der Waals surface area contributed by atoms with Crippen molar-refractivity contribution in [3.63, 3.8) is 0 Å². The van der Waals surface area contributed by atoms with Crippen LogP contribution in [0.2, 0.25) is 0 Å². The van der Waals surface area contributed by atoms with Crippen molar-refractivity contribution in [3.05, 3.63) is 94.8 Å². The maximum absolute atomic E-state index is 13.4. The van der Waals surface area contributed by atoms with E-state index in [9.17, 15) is 14.7 Å². The molecule has 0 spiro atoms. The average molecular weight is 473 g/mol. The maximum Gasteiger partial charge on any atom is 0.295 e. The molecule has 3 aromatic rings. The van der Waals surface area contributed by atoms with Gasteiger partial charge in [0.2, 0.25) is 0 Å². The Bertz CT molecular complexity index is 1270. The molecule has 1 amide bonds. The SMILES string of the molecule is CCOc1ccc(/C(O)=C2\C(=O)C(=O)N(Cc3ccncc3)C2c2ccccc2C)c(OCC)c1. The van der Waals surface area contributed by atoms with Gasteiger partial charge in [-0.25, -0.2) is 0 Å². The molecule has 2 heterocycles. The summed E-state index contributed by atoms with van der Waals surface area (Å²) in [7, 11) is 0. The average Bonchev–Trinajstić information content (AvgIpc) is 3.10. The lowest BCUT2D eigenvalue weighted by Gasteiger charge is -2.26. The monoisotopic (exact) mass is 472 g/mol. The van der Waals surface area contributed by atoms with E-state index < -0.39 is 17.7 Å². The van der Waals surface area contributed by atoms with Crippen LogP contribution in [-0.4, -0.2) is 39.9 Å². The first-order valence-electron chi connectivity index (χ1n) is 11.6. The summed E-state index contributed by atoms with van der Waals surface area (Å²) in [6, 6.07) is 15.4. The molecule has 0 bridgehead atoms. The van der Waals surface area contributed by atoms with Gasteiger partial charge in [-0.05, 0) is 61.7 Å². The Morgan fingerprint density at radius 3 is 2.40 bits per heavy atom. The van der Waals surface area contributed by atoms with Crippen LogP contribution in [-0.2, 0) is 16.1 Å². The third kappa shape index (κ3) is 4.75. The second-order valence-corrected chi connectivity index (χ2v) is 8.16. The molecule has 1 aliphatic heterocycles. The molecule has 2 aromatic carbocycles. The minimum Gasteiger partial charge on any atom is -0.507 e. The first-order chi connectivity index (χ1) is 17.0. The van der Waals surface area contributed by atoms with E-state index in [1.807, 2.05) is 45.0 Å². The van der Waals surface area contributed by atoms with Crippen molar-refractivity contribution in [2.75, 3.05) is 13.2 Å². The molecular weight excluding hydrogens is 444 g/mol. The summed E-state index contributed by atoms with van der Waals surface area (Å²) in [5.74, 6) is -0.720. The van der Waals surface area contributed by atoms with Crippen LogP contribution in [0.25, 0.3) is 5.76 Å². The molecule has 1 unspecified atom stereocenters. The number of ether oxygens (including phenoxy) is 2. The molecular formula is C28H28N2O5. The quantitative estimate of drug-likeness (QED) is 0.288. The summed E-state index contributed by atoms with van der Waals surface area (Å²) in [5.41, 5.74) is 2.86. The maximum atomic E-state index is 13.4. The van der Waals surface area contributed by atoms with Gasteiger partial charge in [0, 0.05) is 25.0 Å². The van der Waals surface area contributed by atoms with E-state index in [-0.39, 0.29) is 17.9 Å². The first kappa shape index (κ1) is 24.0. The Hall–Kier alpha value is -4.13. The lowest BCUT2D eigenvalue weighted by atomic mass is 9.92. The number of benzene rings is 2. The molecule has 1 N–H and O–H groups in total. The highest BCUT2D eigenvalue weighted by Gasteiger charge is 2.46. The normalized spacial score (nSPS) is 17.0. The zero-order valence-corrected chi connectivity index (χ0v) is 20.0. The number of likely N-dealkylation sites (tertiary alicyclic amines) is 1. The zero-order chi connectivity index (χ0) is 24.9. The number of rotatable bonds is 8. The highest BCUT2D eigenvalue weighted by Crippen LogP contribution is 2.43. The van der Waals surface area contributed by atoms with Gasteiger partial charge >= 0.3 is 0 Å². The number of Topliss-reactive ketones (excluding diaryl/α,β-unsaturated/α-hetero) is 1. The number of carbonyl (C=O) groups is 2. The molecule has 1 saturated heterocycles. The van der Waals surface area contributed by atoms with Gasteiger partial charge in [0.25, 0.3) is 11.7 Å². The molecule has 0 saturated carbocycles. The number of aliphatic hydroxyl groups is 1. The summed E-state index contributed by atoms with van der Waals surface area (Å²) >= 11 is 0. The van der Waals surface area contributed by atoms with Crippen molar-refractivity contribution in [1.82, 2.24) is 9.88 Å². The van der Waals surface area contributed by atoms with Gasteiger partial charge in [-0.15, -0.1) is 0 Å². The van der Waals surface area contributed by atoms with E-state index in [1.54, 1.807) is 42.7 Å². The second-order valence-electron chi connectivity index (χ2n) is 8.16. The number of hydrogen-bond acceptors (Lipinski definition) is 6. The Balaban J connectivity index is 1.89. The fourth-order valence-electron chi connectivity index (χ4n) is 4.32. The number of hydrogen-bond donors (Lipinski definition) is 1. The fraction of sp³-hybridized carbons (Fsp3) is 0.250. The topological polar surface area (TPSA) is 89.0 Å². The number of aryl methyl sites for hydroxylation is 1. The van der Waals surface area contributed by atoms with Gasteiger partial charge in [0.15, 0.2) is 0 Å². The van der Waals surface area contributed by atoms with Gasteiger partial charge in [-0.1, -0.05) is 24.3 Å². The molecule has 0 aliphatic carbocycles. The smallest absolute Gasteiger partial charge is 0.295 e. The van der Waals surface area contributed by atoms with Crippen molar-refractivity contribution in [2.45, 2.75) is 33.4 Å². The first-order valence-corrected chi connectivity index (χ1v) is 11.6. The number of nitrogens with zero attached hydrogens (tertiary/aromatic N) is 2. The highest BCUT2D eigenvalue weighted by atomic mass is 16.5. The van der Waals surface area contributed by atoms with Gasteiger partial charge in [-0.3, -0.25) is 14.6 Å². The molecule has 1 aromatic heterocycles. The van der Waals surface area contributed by atoms with E-state index in [0.29, 0.717) is 30.3 Å². The molecule has 180 valence electrons. The second kappa shape index (κ2) is 10.4. The van der Waals surface area contributed by atoms with Crippen LogP contribution >= 0.6 is 0 Å². The summed E-state index contributed by atoms with van der Waals surface area (Å²) in [5, 5.41) is 11.5. The van der Waals surface area contributed by atoms with Gasteiger partial charge in [0.1, 0.15) is 17.3 Å². The summed E-state index contributed by atoms with van der Waals surface area (Å²) in [4.78, 5) is 32.2. The van der Waals surface area contributed by atoms with Crippen molar-refractivity contribution in [2.24, 2.45) is 0 Å². The van der Waals surface area contributed by atoms with E-state index in [4.69, 9.17) is 9.47 Å². The van der Waals surface area contributed by atoms with Crippen molar-refractivity contribution in [3.8, 4) is 11.5 Å². The van der Waals surface area contributed by atoms with Crippen molar-refractivity contribution < 1.29 is 24.2 Å². The Morgan fingerprint density at radius 1 is 1.00 bits per heavy atom. The number of carbonyl (C=O) groups excluding carboxylic acids is 2. The molecule has 1 aliphatic rings. The van der Waals surface area contributed by atoms with Gasteiger partial charge < -0.3 is 19.5 Å². The number of amides is 1. The molecule has 7 nitrogen and oxygen atoms in total. The number of ketones is 1. The van der Waals surface area contributed by atoms with Crippen molar-refractivity contribution in [1.29, 1.82) is 0 Å². The summed E-state index contributed by atoms with van der Waals surface area (Å²) in [6.45, 7) is 6.66. The van der Waals surface area contributed by atoms with Crippen LogP contribution in [0.15, 0.2) is 72.6 Å². The molecule has 7 heteroatoms. The highest BCUT2D eigenvalue weighted by molar-refractivity contribution is 6.46. The molecule has 1 atom stereocenters. The van der Waals surface area contributed by atoms with Gasteiger partial charge in [-0.2, -0.15) is 0 Å². The lowest BCUT2D eigenvalue weighted by molar-refractivity contribution is -0.140.